The Hall–Kier alpha value is -1.62. The molecule has 1 unspecified atom stereocenters. The third-order valence-corrected chi connectivity index (χ3v) is 5.54. The molecule has 5 heteroatoms. The first kappa shape index (κ1) is 14.9. The molecule has 2 aliphatic rings. The van der Waals surface area contributed by atoms with E-state index in [0.717, 1.165) is 43.4 Å². The topological polar surface area (TPSA) is 53.9 Å². The average Bonchev–Trinajstić information content (AvgIpc) is 3.11. The van der Waals surface area contributed by atoms with Gasteiger partial charge in [0, 0.05) is 17.0 Å². The fraction of sp³-hybridized carbons (Fsp3) is 0.667. The van der Waals surface area contributed by atoms with Crippen LogP contribution in [0.1, 0.15) is 68.4 Å². The molecule has 1 atom stereocenters. The number of nitrogens with one attached hydrogen (secondary N) is 1. The van der Waals surface area contributed by atoms with E-state index in [-0.39, 0.29) is 11.6 Å². The first-order chi connectivity index (χ1) is 11.1. The van der Waals surface area contributed by atoms with Crippen molar-refractivity contribution in [1.29, 1.82) is 0 Å². The molecule has 1 aliphatic heterocycles. The summed E-state index contributed by atoms with van der Waals surface area (Å²) in [4.78, 5) is 18.1. The standard InChI is InChI=1S/C18H26N4O/c1-11(2)22-17-15(16(20-22)14-9-6-10-21(14)3)12-7-4-5-8-13(12)18(23)19-17/h11,14H,4-10H2,1-3H3,(H,19,23). The van der Waals surface area contributed by atoms with E-state index < -0.39 is 0 Å². The van der Waals surface area contributed by atoms with Gasteiger partial charge in [-0.15, -0.1) is 0 Å². The normalized spacial score (nSPS) is 22.2. The Labute approximate surface area is 136 Å². The van der Waals surface area contributed by atoms with Crippen molar-refractivity contribution >= 4 is 11.0 Å². The summed E-state index contributed by atoms with van der Waals surface area (Å²) in [5, 5.41) is 6.22. The SMILES string of the molecule is CC(C)n1nc(C2CCCN2C)c2c3c(c(=O)[nH]c21)CCCC3. The molecule has 0 spiro atoms. The van der Waals surface area contributed by atoms with Crippen LogP contribution in [0.15, 0.2) is 4.79 Å². The molecule has 0 aromatic carbocycles. The molecule has 1 saturated heterocycles. The molecule has 5 nitrogen and oxygen atoms in total. The maximum atomic E-state index is 12.5. The van der Waals surface area contributed by atoms with Gasteiger partial charge >= 0.3 is 0 Å². The zero-order chi connectivity index (χ0) is 16.1. The van der Waals surface area contributed by atoms with Gasteiger partial charge in [-0.1, -0.05) is 0 Å². The van der Waals surface area contributed by atoms with Crippen molar-refractivity contribution in [1.82, 2.24) is 19.7 Å². The Morgan fingerprint density at radius 1 is 1.17 bits per heavy atom. The molecule has 1 N–H and O–H groups in total. The number of pyridine rings is 1. The molecule has 0 amide bonds. The highest BCUT2D eigenvalue weighted by molar-refractivity contribution is 5.84. The molecule has 124 valence electrons. The van der Waals surface area contributed by atoms with Crippen LogP contribution < -0.4 is 5.56 Å². The van der Waals surface area contributed by atoms with Gasteiger partial charge in [-0.3, -0.25) is 9.69 Å². The van der Waals surface area contributed by atoms with Gasteiger partial charge in [-0.2, -0.15) is 5.10 Å². The summed E-state index contributed by atoms with van der Waals surface area (Å²) in [6, 6.07) is 0.629. The number of hydrogen-bond acceptors (Lipinski definition) is 3. The second-order valence-electron chi connectivity index (χ2n) is 7.40. The van der Waals surface area contributed by atoms with Gasteiger partial charge in [0.25, 0.3) is 5.56 Å². The molecule has 2 aromatic rings. The molecule has 0 saturated carbocycles. The first-order valence-corrected chi connectivity index (χ1v) is 8.94. The maximum absolute atomic E-state index is 12.5. The highest BCUT2D eigenvalue weighted by Crippen LogP contribution is 2.37. The number of fused-ring (bicyclic) bond motifs is 3. The minimum atomic E-state index is 0.0975. The largest absolute Gasteiger partial charge is 0.307 e. The predicted octanol–water partition coefficient (Wildman–Crippen LogP) is 2.95. The van der Waals surface area contributed by atoms with E-state index in [1.165, 1.54) is 29.5 Å². The Morgan fingerprint density at radius 3 is 2.57 bits per heavy atom. The third kappa shape index (κ3) is 2.24. The zero-order valence-electron chi connectivity index (χ0n) is 14.4. The van der Waals surface area contributed by atoms with Gasteiger partial charge in [-0.25, -0.2) is 4.68 Å². The van der Waals surface area contributed by atoms with Crippen molar-refractivity contribution in [2.24, 2.45) is 0 Å². The smallest absolute Gasteiger partial charge is 0.253 e. The van der Waals surface area contributed by atoms with Crippen molar-refractivity contribution in [3.8, 4) is 0 Å². The highest BCUT2D eigenvalue weighted by atomic mass is 16.1. The molecule has 0 bridgehead atoms. The predicted molar refractivity (Wildman–Crippen MR) is 92.0 cm³/mol. The van der Waals surface area contributed by atoms with E-state index in [0.29, 0.717) is 6.04 Å². The summed E-state index contributed by atoms with van der Waals surface area (Å²) in [5.41, 5.74) is 4.50. The van der Waals surface area contributed by atoms with Gasteiger partial charge in [0.15, 0.2) is 0 Å². The van der Waals surface area contributed by atoms with E-state index in [1.54, 1.807) is 0 Å². The van der Waals surface area contributed by atoms with Crippen LogP contribution in [0.3, 0.4) is 0 Å². The van der Waals surface area contributed by atoms with Gasteiger partial charge in [0.05, 0.1) is 11.7 Å². The Morgan fingerprint density at radius 2 is 1.91 bits per heavy atom. The fourth-order valence-electron chi connectivity index (χ4n) is 4.35. The van der Waals surface area contributed by atoms with E-state index in [2.05, 4.69) is 30.8 Å². The van der Waals surface area contributed by atoms with E-state index in [9.17, 15) is 4.79 Å². The maximum Gasteiger partial charge on any atom is 0.253 e. The zero-order valence-corrected chi connectivity index (χ0v) is 14.4. The third-order valence-electron chi connectivity index (χ3n) is 5.54. The summed E-state index contributed by atoms with van der Waals surface area (Å²) < 4.78 is 2.02. The van der Waals surface area contributed by atoms with Crippen molar-refractivity contribution in [3.63, 3.8) is 0 Å². The average molecular weight is 314 g/mol. The quantitative estimate of drug-likeness (QED) is 0.927. The molecule has 3 heterocycles. The molecule has 4 rings (SSSR count). The number of rotatable bonds is 2. The number of H-pyrrole nitrogens is 1. The molecule has 1 aliphatic carbocycles. The van der Waals surface area contributed by atoms with Gasteiger partial charge in [0.2, 0.25) is 0 Å². The van der Waals surface area contributed by atoms with Crippen molar-refractivity contribution in [2.45, 2.75) is 64.5 Å². The number of nitrogens with zero attached hydrogens (tertiary/aromatic N) is 3. The fourth-order valence-corrected chi connectivity index (χ4v) is 4.35. The van der Waals surface area contributed by atoms with Crippen LogP contribution in [-0.2, 0) is 12.8 Å². The second-order valence-corrected chi connectivity index (χ2v) is 7.40. The number of likely N-dealkylation sites (tertiary alicyclic amines) is 1. The van der Waals surface area contributed by atoms with Crippen molar-refractivity contribution in [3.05, 3.63) is 27.2 Å². The Bertz CT molecular complexity index is 801. The Kier molecular flexibility index (Phi) is 3.56. The van der Waals surface area contributed by atoms with Gasteiger partial charge in [0.1, 0.15) is 5.65 Å². The monoisotopic (exact) mass is 314 g/mol. The Balaban J connectivity index is 2.04. The van der Waals surface area contributed by atoms with Gasteiger partial charge in [-0.05, 0) is 71.5 Å². The summed E-state index contributed by atoms with van der Waals surface area (Å²) in [7, 11) is 2.19. The van der Waals surface area contributed by atoms with Crippen LogP contribution in [0.25, 0.3) is 11.0 Å². The molecule has 1 fully saturated rings. The summed E-state index contributed by atoms with van der Waals surface area (Å²) in [6.45, 7) is 5.39. The van der Waals surface area contributed by atoms with Crippen LogP contribution in [0.5, 0.6) is 0 Å². The summed E-state index contributed by atoms with van der Waals surface area (Å²) >= 11 is 0. The lowest BCUT2D eigenvalue weighted by molar-refractivity contribution is 0.310. The number of aromatic nitrogens is 3. The number of hydrogen-bond donors (Lipinski definition) is 1. The van der Waals surface area contributed by atoms with Crippen molar-refractivity contribution in [2.75, 3.05) is 13.6 Å². The van der Waals surface area contributed by atoms with Crippen molar-refractivity contribution < 1.29 is 0 Å². The van der Waals surface area contributed by atoms with Crippen LogP contribution >= 0.6 is 0 Å². The molecule has 2 aromatic heterocycles. The first-order valence-electron chi connectivity index (χ1n) is 8.94. The minimum Gasteiger partial charge on any atom is -0.307 e. The lowest BCUT2D eigenvalue weighted by atomic mass is 9.89. The lowest BCUT2D eigenvalue weighted by Crippen LogP contribution is -2.21. The van der Waals surface area contributed by atoms with Crippen LogP contribution in [0.2, 0.25) is 0 Å². The molecular formula is C18H26N4O. The van der Waals surface area contributed by atoms with E-state index >= 15 is 0 Å². The highest BCUT2D eigenvalue weighted by Gasteiger charge is 2.31. The van der Waals surface area contributed by atoms with E-state index in [1.807, 2.05) is 4.68 Å². The lowest BCUT2D eigenvalue weighted by Gasteiger charge is -2.20. The van der Waals surface area contributed by atoms with Crippen LogP contribution in [0, 0.1) is 0 Å². The van der Waals surface area contributed by atoms with Gasteiger partial charge < -0.3 is 4.98 Å². The summed E-state index contributed by atoms with van der Waals surface area (Å²) in [5.74, 6) is 0. The van der Waals surface area contributed by atoms with E-state index in [4.69, 9.17) is 5.10 Å². The molecule has 23 heavy (non-hydrogen) atoms. The molecular weight excluding hydrogens is 288 g/mol. The van der Waals surface area contributed by atoms with Crippen LogP contribution in [0.4, 0.5) is 0 Å². The molecule has 0 radical (unpaired) electrons. The second kappa shape index (κ2) is 5.48. The number of aryl methyl sites for hydroxylation is 1. The van der Waals surface area contributed by atoms with Crippen LogP contribution in [-0.4, -0.2) is 33.3 Å². The minimum absolute atomic E-state index is 0.0975. The summed E-state index contributed by atoms with van der Waals surface area (Å²) in [6.07, 6.45) is 6.62. The number of aromatic amines is 1.